The van der Waals surface area contributed by atoms with Crippen LogP contribution in [-0.4, -0.2) is 10.2 Å². The summed E-state index contributed by atoms with van der Waals surface area (Å²) in [5.41, 5.74) is 9.18. The van der Waals surface area contributed by atoms with Crippen LogP contribution in [0.1, 0.15) is 0 Å². The molecule has 0 radical (unpaired) electrons. The molecule has 2 nitrogen and oxygen atoms in total. The van der Waals surface area contributed by atoms with E-state index >= 15 is 0 Å². The number of benzene rings is 7. The van der Waals surface area contributed by atoms with Crippen LogP contribution in [0.4, 0.5) is 0 Å². The summed E-state index contributed by atoms with van der Waals surface area (Å²) >= 11 is 0. The molecule has 0 aliphatic carbocycles. The van der Waals surface area contributed by atoms with Crippen molar-refractivity contribution in [2.45, 2.75) is 0 Å². The lowest BCUT2D eigenvalue weighted by atomic mass is 9.85. The number of hydrogen-bond acceptors (Lipinski definition) is 2. The van der Waals surface area contributed by atoms with Crippen molar-refractivity contribution in [3.8, 4) is 56.0 Å². The average Bonchev–Trinajstić information content (AvgIpc) is 3.01. The van der Waals surface area contributed by atoms with Gasteiger partial charge >= 0.3 is 0 Å². The molecule has 0 atom stereocenters. The van der Waals surface area contributed by atoms with Gasteiger partial charge in [0, 0.05) is 0 Å². The van der Waals surface area contributed by atoms with Crippen molar-refractivity contribution < 1.29 is 10.2 Å². The van der Waals surface area contributed by atoms with Crippen molar-refractivity contribution in [1.29, 1.82) is 0 Å². The zero-order valence-corrected chi connectivity index (χ0v) is 21.8. The fourth-order valence-electron chi connectivity index (χ4n) is 5.72. The maximum absolute atomic E-state index is 9.67. The molecule has 0 aliphatic rings. The number of fused-ring (bicyclic) bond motifs is 2. The van der Waals surface area contributed by atoms with E-state index in [9.17, 15) is 10.2 Å². The molecule has 7 rings (SSSR count). The first-order valence-corrected chi connectivity index (χ1v) is 13.4. The van der Waals surface area contributed by atoms with Gasteiger partial charge in [-0.25, -0.2) is 0 Å². The first-order chi connectivity index (χ1) is 19.7. The fourth-order valence-corrected chi connectivity index (χ4v) is 5.72. The number of aromatic hydroxyl groups is 2. The zero-order valence-electron chi connectivity index (χ0n) is 21.8. The zero-order chi connectivity index (χ0) is 27.1. The summed E-state index contributed by atoms with van der Waals surface area (Å²) in [6.45, 7) is 0. The minimum absolute atomic E-state index is 0.272. The summed E-state index contributed by atoms with van der Waals surface area (Å²) in [4.78, 5) is 0. The highest BCUT2D eigenvalue weighted by Gasteiger charge is 2.16. The molecule has 0 saturated carbocycles. The van der Waals surface area contributed by atoms with E-state index < -0.39 is 0 Å². The molecule has 0 unspecified atom stereocenters. The predicted octanol–water partition coefficient (Wildman–Crippen LogP) is 10.1. The SMILES string of the molecule is Oc1ccc(-c2ccc(-c3c4ccccc4c(-c4ccc(-c5ccc(O)cc5)cc4)c4ccccc34)cc2)cc1. The van der Waals surface area contributed by atoms with Crippen LogP contribution < -0.4 is 0 Å². The summed E-state index contributed by atoms with van der Waals surface area (Å²) in [6, 6.07) is 49.4. The third kappa shape index (κ3) is 4.16. The van der Waals surface area contributed by atoms with E-state index in [2.05, 4.69) is 97.1 Å². The summed E-state index contributed by atoms with van der Waals surface area (Å²) in [7, 11) is 0. The normalized spacial score (nSPS) is 11.2. The largest absolute Gasteiger partial charge is 0.508 e. The van der Waals surface area contributed by atoms with E-state index in [1.807, 2.05) is 24.3 Å². The smallest absolute Gasteiger partial charge is 0.115 e. The molecule has 7 aromatic rings. The molecule has 0 saturated heterocycles. The molecule has 2 heteroatoms. The quantitative estimate of drug-likeness (QED) is 0.229. The molecule has 0 aliphatic heterocycles. The Hall–Kier alpha value is -5.34. The van der Waals surface area contributed by atoms with Crippen LogP contribution >= 0.6 is 0 Å². The van der Waals surface area contributed by atoms with E-state index in [-0.39, 0.29) is 11.5 Å². The van der Waals surface area contributed by atoms with E-state index in [1.54, 1.807) is 24.3 Å². The van der Waals surface area contributed by atoms with Gasteiger partial charge in [-0.1, -0.05) is 121 Å². The highest BCUT2D eigenvalue weighted by atomic mass is 16.3. The highest BCUT2D eigenvalue weighted by molar-refractivity contribution is 6.21. The Morgan fingerprint density at radius 3 is 0.750 bits per heavy atom. The second-order valence-corrected chi connectivity index (χ2v) is 10.1. The maximum Gasteiger partial charge on any atom is 0.115 e. The van der Waals surface area contributed by atoms with Gasteiger partial charge < -0.3 is 10.2 Å². The molecular formula is C38H26O2. The highest BCUT2D eigenvalue weighted by Crippen LogP contribution is 2.44. The molecular weight excluding hydrogens is 488 g/mol. The monoisotopic (exact) mass is 514 g/mol. The van der Waals surface area contributed by atoms with E-state index in [4.69, 9.17) is 0 Å². The molecule has 0 spiro atoms. The van der Waals surface area contributed by atoms with Crippen molar-refractivity contribution in [3.05, 3.63) is 146 Å². The fraction of sp³-hybridized carbons (Fsp3) is 0. The Morgan fingerprint density at radius 2 is 0.475 bits per heavy atom. The molecule has 0 amide bonds. The molecule has 0 heterocycles. The van der Waals surface area contributed by atoms with Crippen molar-refractivity contribution in [2.24, 2.45) is 0 Å². The Bertz CT molecular complexity index is 1760. The Labute approximate surface area is 233 Å². The van der Waals surface area contributed by atoms with Crippen LogP contribution in [0, 0.1) is 0 Å². The number of phenols is 2. The van der Waals surface area contributed by atoms with Crippen LogP contribution in [0.2, 0.25) is 0 Å². The maximum atomic E-state index is 9.67. The molecule has 0 aromatic heterocycles. The lowest BCUT2D eigenvalue weighted by molar-refractivity contribution is 0.475. The number of phenolic OH excluding ortho intramolecular Hbond substituents is 2. The number of rotatable bonds is 4. The van der Waals surface area contributed by atoms with Crippen molar-refractivity contribution in [1.82, 2.24) is 0 Å². The Morgan fingerprint density at radius 1 is 0.250 bits per heavy atom. The molecule has 190 valence electrons. The van der Waals surface area contributed by atoms with Crippen LogP contribution in [0.3, 0.4) is 0 Å². The standard InChI is InChI=1S/C38H26O2/c39-31-21-17-27(18-22-31)25-9-13-29(14-10-25)37-33-5-1-2-6-34(33)38(36-8-4-3-7-35(36)37)30-15-11-26(12-16-30)28-19-23-32(40)24-20-28/h1-24,39-40H. The van der Waals surface area contributed by atoms with Gasteiger partial charge in [0.25, 0.3) is 0 Å². The van der Waals surface area contributed by atoms with Crippen LogP contribution in [0.5, 0.6) is 11.5 Å². The Kier molecular flexibility index (Phi) is 5.79. The van der Waals surface area contributed by atoms with E-state index in [0.717, 1.165) is 22.3 Å². The number of hydrogen-bond donors (Lipinski definition) is 2. The molecule has 0 bridgehead atoms. The van der Waals surface area contributed by atoms with Gasteiger partial charge in [-0.15, -0.1) is 0 Å². The van der Waals surface area contributed by atoms with E-state index in [1.165, 1.54) is 43.8 Å². The predicted molar refractivity (Wildman–Crippen MR) is 167 cm³/mol. The lowest BCUT2D eigenvalue weighted by Gasteiger charge is -2.18. The minimum Gasteiger partial charge on any atom is -0.508 e. The third-order valence-corrected chi connectivity index (χ3v) is 7.68. The second kappa shape index (κ2) is 9.76. The Balaban J connectivity index is 1.39. The van der Waals surface area contributed by atoms with Crippen molar-refractivity contribution >= 4 is 21.5 Å². The minimum atomic E-state index is 0.272. The van der Waals surface area contributed by atoms with Gasteiger partial charge in [0.15, 0.2) is 0 Å². The van der Waals surface area contributed by atoms with Gasteiger partial charge in [0.05, 0.1) is 0 Å². The summed E-state index contributed by atoms with van der Waals surface area (Å²) < 4.78 is 0. The van der Waals surface area contributed by atoms with Gasteiger partial charge in [-0.2, -0.15) is 0 Å². The van der Waals surface area contributed by atoms with Crippen LogP contribution in [-0.2, 0) is 0 Å². The van der Waals surface area contributed by atoms with Gasteiger partial charge in [0.1, 0.15) is 11.5 Å². The van der Waals surface area contributed by atoms with Gasteiger partial charge in [-0.05, 0) is 90.3 Å². The van der Waals surface area contributed by atoms with Crippen molar-refractivity contribution in [2.75, 3.05) is 0 Å². The van der Waals surface area contributed by atoms with Crippen LogP contribution in [0.15, 0.2) is 146 Å². The van der Waals surface area contributed by atoms with Gasteiger partial charge in [-0.3, -0.25) is 0 Å². The summed E-state index contributed by atoms with van der Waals surface area (Å²) in [5.74, 6) is 0.543. The second-order valence-electron chi connectivity index (χ2n) is 10.1. The first kappa shape index (κ1) is 23.8. The molecule has 7 aromatic carbocycles. The lowest BCUT2D eigenvalue weighted by Crippen LogP contribution is -1.91. The first-order valence-electron chi connectivity index (χ1n) is 13.4. The summed E-state index contributed by atoms with van der Waals surface area (Å²) in [6.07, 6.45) is 0. The van der Waals surface area contributed by atoms with Gasteiger partial charge in [0.2, 0.25) is 0 Å². The third-order valence-electron chi connectivity index (χ3n) is 7.68. The topological polar surface area (TPSA) is 40.5 Å². The van der Waals surface area contributed by atoms with Crippen molar-refractivity contribution in [3.63, 3.8) is 0 Å². The average molecular weight is 515 g/mol. The summed E-state index contributed by atoms with van der Waals surface area (Å²) in [5, 5.41) is 24.2. The van der Waals surface area contributed by atoms with E-state index in [0.29, 0.717) is 0 Å². The van der Waals surface area contributed by atoms with Crippen LogP contribution in [0.25, 0.3) is 66.1 Å². The molecule has 2 N–H and O–H groups in total. The molecule has 0 fully saturated rings. The molecule has 40 heavy (non-hydrogen) atoms.